The number of nitrogens with zero attached hydrogens (tertiary/aromatic N) is 5. The highest BCUT2D eigenvalue weighted by atomic mass is 16.2. The molecule has 1 rings (SSSR count). The third kappa shape index (κ3) is 33.8. The lowest BCUT2D eigenvalue weighted by Gasteiger charge is -2.33. The zero-order valence-corrected chi connectivity index (χ0v) is 47.8. The van der Waals surface area contributed by atoms with Crippen LogP contribution in [0.15, 0.2) is 17.5 Å². The molecule has 0 bridgehead atoms. The molecule has 16 N–H and O–H groups in total. The molecule has 0 spiro atoms. The van der Waals surface area contributed by atoms with E-state index in [9.17, 15) is 28.8 Å². The zero-order chi connectivity index (χ0) is 56.9. The van der Waals surface area contributed by atoms with Crippen molar-refractivity contribution >= 4 is 47.0 Å². The van der Waals surface area contributed by atoms with E-state index in [-0.39, 0.29) is 112 Å². The van der Waals surface area contributed by atoms with Crippen molar-refractivity contribution < 1.29 is 28.8 Å². The number of nitrogens with two attached hydrogens (primary N) is 7. The number of aromatic amines is 1. The molecule has 0 radical (unpaired) electrons. The molecule has 0 aliphatic carbocycles. The molecule has 20 heteroatoms. The molecule has 442 valence electrons. The van der Waals surface area contributed by atoms with Crippen LogP contribution < -0.4 is 40.1 Å². The topological polar surface area (TPSA) is 359 Å². The molecule has 0 saturated heterocycles. The van der Waals surface area contributed by atoms with Gasteiger partial charge in [0.25, 0.3) is 0 Å². The zero-order valence-electron chi connectivity index (χ0n) is 47.8. The van der Waals surface area contributed by atoms with Gasteiger partial charge < -0.3 is 59.8 Å². The Labute approximate surface area is 463 Å². The Morgan fingerprint density at radius 1 is 0.506 bits per heavy atom. The van der Waals surface area contributed by atoms with Gasteiger partial charge in [0.1, 0.15) is 6.04 Å². The van der Waals surface area contributed by atoms with Crippen LogP contribution >= 0.6 is 0 Å². The Bertz CT molecular complexity index is 1780. The van der Waals surface area contributed by atoms with E-state index in [4.69, 9.17) is 45.5 Å². The summed E-state index contributed by atoms with van der Waals surface area (Å²) in [4.78, 5) is 99.9. The van der Waals surface area contributed by atoms with Crippen LogP contribution in [0.3, 0.4) is 0 Å². The number of aliphatic imine (C=N–C) groups is 1. The van der Waals surface area contributed by atoms with E-state index in [1.807, 2.05) is 0 Å². The molecular formula is C57H108N14O6. The van der Waals surface area contributed by atoms with E-state index in [1.165, 1.54) is 81.9 Å². The highest BCUT2D eigenvalue weighted by molar-refractivity contribution is 5.91. The summed E-state index contributed by atoms with van der Waals surface area (Å²) < 4.78 is 0. The molecule has 0 aliphatic rings. The number of aromatic nitrogens is 2. The van der Waals surface area contributed by atoms with Gasteiger partial charge in [0.15, 0.2) is 17.5 Å². The fourth-order valence-corrected chi connectivity index (χ4v) is 10.0. The van der Waals surface area contributed by atoms with Crippen molar-refractivity contribution in [3.05, 3.63) is 18.2 Å². The molecule has 0 saturated carbocycles. The Balaban J connectivity index is 3.26. The normalized spacial score (nSPS) is 12.4. The molecule has 0 fully saturated rings. The molecule has 1 heterocycles. The van der Waals surface area contributed by atoms with Crippen molar-refractivity contribution in [2.24, 2.45) is 45.1 Å². The first-order valence-corrected chi connectivity index (χ1v) is 29.9. The number of ketones is 2. The maximum atomic E-state index is 14.6. The predicted octanol–water partition coefficient (Wildman–Crippen LogP) is 6.54. The van der Waals surface area contributed by atoms with Gasteiger partial charge in [-0.15, -0.1) is 0 Å². The molecule has 20 nitrogen and oxygen atoms in total. The molecule has 3 unspecified atom stereocenters. The standard InChI is InChI=1S/C57H108N14O6/c1-2-3-4-5-6-7-8-9-10-11-12-13-14-15-17-33-55(76)71(42-38-60)47(28-19-20-32-52(61)62)50(72)30-26-41-70(54(75)34-18-16-23-36-58)49(43-46-44-66-45-68-46)51(73)31-27-40-69(48(56(63)77)29-21-24-37-59)53(74)35-22-25-39-67-57(64)65/h44-45,47-49H,2-43,58-60H2,1H3,(H3,61,62)(H2,63,77)(H,66,68)(H4,64,65,67). The maximum absolute atomic E-state index is 14.6. The fraction of sp³-hybridized carbons (Fsp3) is 0.807. The van der Waals surface area contributed by atoms with E-state index in [2.05, 4.69) is 21.9 Å². The summed E-state index contributed by atoms with van der Waals surface area (Å²) in [5, 5.41) is 7.74. The summed E-state index contributed by atoms with van der Waals surface area (Å²) in [6.07, 6.45) is 29.2. The third-order valence-electron chi connectivity index (χ3n) is 14.4. The first-order valence-electron chi connectivity index (χ1n) is 29.9. The van der Waals surface area contributed by atoms with Crippen molar-refractivity contribution in [1.82, 2.24) is 24.7 Å². The number of imidazole rings is 1. The predicted molar refractivity (Wildman–Crippen MR) is 310 cm³/mol. The van der Waals surface area contributed by atoms with E-state index in [1.54, 1.807) is 16.0 Å². The Hall–Kier alpha value is -4.95. The Morgan fingerprint density at radius 3 is 1.40 bits per heavy atom. The summed E-state index contributed by atoms with van der Waals surface area (Å²) in [5.74, 6) is -1.62. The third-order valence-corrected chi connectivity index (χ3v) is 14.4. The van der Waals surface area contributed by atoms with E-state index < -0.39 is 24.0 Å². The number of H-pyrrole nitrogens is 1. The number of hydrogen-bond acceptors (Lipinski definition) is 12. The van der Waals surface area contributed by atoms with Gasteiger partial charge in [-0.05, 0) is 90.1 Å². The number of hydrogen-bond donors (Lipinski definition) is 9. The van der Waals surface area contributed by atoms with E-state index in [0.717, 1.165) is 38.5 Å². The van der Waals surface area contributed by atoms with Gasteiger partial charge in [-0.3, -0.25) is 39.2 Å². The summed E-state index contributed by atoms with van der Waals surface area (Å²) >= 11 is 0. The van der Waals surface area contributed by atoms with Gasteiger partial charge in [-0.1, -0.05) is 110 Å². The van der Waals surface area contributed by atoms with Gasteiger partial charge >= 0.3 is 0 Å². The number of nitrogens with one attached hydrogen (secondary N) is 2. The van der Waals surface area contributed by atoms with Gasteiger partial charge in [0.05, 0.1) is 24.2 Å². The van der Waals surface area contributed by atoms with Crippen LogP contribution in [0.4, 0.5) is 0 Å². The second kappa shape index (κ2) is 46.0. The maximum Gasteiger partial charge on any atom is 0.240 e. The second-order valence-corrected chi connectivity index (χ2v) is 21.0. The van der Waals surface area contributed by atoms with E-state index >= 15 is 0 Å². The minimum absolute atomic E-state index is 0.0188. The van der Waals surface area contributed by atoms with Crippen LogP contribution in [0.5, 0.6) is 0 Å². The van der Waals surface area contributed by atoms with Gasteiger partial charge in [0.2, 0.25) is 23.6 Å². The van der Waals surface area contributed by atoms with Crippen LogP contribution in [0.1, 0.15) is 231 Å². The number of amides is 4. The number of guanidine groups is 1. The number of unbranched alkanes of at least 4 members (excludes halogenated alkanes) is 19. The summed E-state index contributed by atoms with van der Waals surface area (Å²) in [5.41, 5.74) is 40.7. The number of rotatable bonds is 53. The SMILES string of the molecule is CCCCCCCCCCCCCCCCCC(=O)N(CCN)C(CCCCC(=N)N)C(=O)CCCN(C(=O)CCCCCN)C(Cc1cnc[nH]1)C(=O)CCCN(C(=O)CCCCN=C(N)N)C(CCCCN)C(N)=O. The first kappa shape index (κ1) is 70.1. The van der Waals surface area contributed by atoms with Crippen molar-refractivity contribution in [3.8, 4) is 0 Å². The molecule has 77 heavy (non-hydrogen) atoms. The quantitative estimate of drug-likeness (QED) is 0.0190. The number of carbonyl (C=O) groups excluding carboxylic acids is 6. The number of primary amides is 1. The monoisotopic (exact) mass is 1080 g/mol. The Kier molecular flexibility index (Phi) is 41.9. The number of carbonyl (C=O) groups is 6. The molecule has 0 aliphatic heterocycles. The average Bonchev–Trinajstić information content (AvgIpc) is 3.92. The highest BCUT2D eigenvalue weighted by Crippen LogP contribution is 2.22. The van der Waals surface area contributed by atoms with Gasteiger partial charge in [-0.25, -0.2) is 4.98 Å². The summed E-state index contributed by atoms with van der Waals surface area (Å²) in [6.45, 7) is 4.11. The summed E-state index contributed by atoms with van der Waals surface area (Å²) in [6, 6.07) is -2.56. The first-order chi connectivity index (χ1) is 37.2. The van der Waals surface area contributed by atoms with Gasteiger partial charge in [0, 0.05) is 89.6 Å². The minimum Gasteiger partial charge on any atom is -0.388 e. The summed E-state index contributed by atoms with van der Waals surface area (Å²) in [7, 11) is 0. The molecule has 1 aromatic heterocycles. The van der Waals surface area contributed by atoms with Crippen LogP contribution in [0, 0.1) is 5.41 Å². The highest BCUT2D eigenvalue weighted by Gasteiger charge is 2.33. The van der Waals surface area contributed by atoms with E-state index in [0.29, 0.717) is 96.0 Å². The average molecular weight is 1090 g/mol. The van der Waals surface area contributed by atoms with Crippen LogP contribution in [0.25, 0.3) is 0 Å². The lowest BCUT2D eigenvalue weighted by atomic mass is 9.97. The molecule has 0 aromatic carbocycles. The van der Waals surface area contributed by atoms with Crippen LogP contribution in [-0.4, -0.2) is 136 Å². The van der Waals surface area contributed by atoms with Crippen LogP contribution in [0.2, 0.25) is 0 Å². The molecule has 3 atom stereocenters. The van der Waals surface area contributed by atoms with Crippen LogP contribution in [-0.2, 0) is 35.2 Å². The minimum atomic E-state index is -0.934. The lowest BCUT2D eigenvalue weighted by Crippen LogP contribution is -2.49. The number of amidine groups is 1. The molecular weight excluding hydrogens is 977 g/mol. The van der Waals surface area contributed by atoms with Crippen molar-refractivity contribution in [2.45, 2.75) is 250 Å². The van der Waals surface area contributed by atoms with Crippen molar-refractivity contribution in [1.29, 1.82) is 5.41 Å². The van der Waals surface area contributed by atoms with Gasteiger partial charge in [-0.2, -0.15) is 0 Å². The number of Topliss-reactive ketones (excluding diaryl/α,β-unsaturated/α-hetero) is 2. The molecule has 1 aromatic rings. The van der Waals surface area contributed by atoms with Crippen molar-refractivity contribution in [3.63, 3.8) is 0 Å². The fourth-order valence-electron chi connectivity index (χ4n) is 10.0. The largest absolute Gasteiger partial charge is 0.388 e. The Morgan fingerprint density at radius 2 is 0.935 bits per heavy atom. The van der Waals surface area contributed by atoms with Crippen molar-refractivity contribution in [2.75, 3.05) is 45.8 Å². The smallest absolute Gasteiger partial charge is 0.240 e. The second-order valence-electron chi connectivity index (χ2n) is 21.0. The lowest BCUT2D eigenvalue weighted by molar-refractivity contribution is -0.141. The molecule has 4 amide bonds.